The number of rotatable bonds is 23. The fourth-order valence-electron chi connectivity index (χ4n) is 5.14. The Morgan fingerprint density at radius 3 is 1.21 bits per heavy atom. The summed E-state index contributed by atoms with van der Waals surface area (Å²) in [7, 11) is 18.2. The van der Waals surface area contributed by atoms with Crippen molar-refractivity contribution in [2.24, 2.45) is 11.5 Å². The number of nitrogens with one attached hydrogen (secondary N) is 2. The number of hydrogen-bond acceptors (Lipinski definition) is 2. The Morgan fingerprint density at radius 2 is 0.789 bits per heavy atom. The molecule has 0 bridgehead atoms. The molecule has 0 aromatic rings. The summed E-state index contributed by atoms with van der Waals surface area (Å²) in [5.74, 6) is 0. The van der Waals surface area contributed by atoms with Crippen LogP contribution in [0.1, 0.15) is 51.4 Å². The van der Waals surface area contributed by atoms with Crippen molar-refractivity contribution in [2.75, 3.05) is 122 Å². The summed E-state index contributed by atoms with van der Waals surface area (Å²) in [4.78, 5) is 22.4. The van der Waals surface area contributed by atoms with Crippen molar-refractivity contribution in [3.63, 3.8) is 0 Å². The molecule has 0 fully saturated rings. The number of carbonyl (C=O) groups is 2. The maximum absolute atomic E-state index is 11.3. The lowest BCUT2D eigenvalue weighted by atomic mass is 10.1. The lowest BCUT2D eigenvalue weighted by molar-refractivity contribution is -0.927. The van der Waals surface area contributed by atoms with E-state index in [1.807, 2.05) is 0 Å². The average molecular weight is 547 g/mol. The Morgan fingerprint density at radius 1 is 0.447 bits per heavy atom. The van der Waals surface area contributed by atoms with E-state index in [9.17, 15) is 9.59 Å². The smallest absolute Gasteiger partial charge is 0.312 e. The zero-order valence-corrected chi connectivity index (χ0v) is 26.5. The molecule has 38 heavy (non-hydrogen) atoms. The standard InChI is InChI=1S/C28H64N8O2/c1-33(2,3)19-11-9-13-21-35(7,23-15-17-31-27(29)37)24-16-25-36(8,26-18-32-28(30)38)22-14-10-12-20-34(4,5)6/h9-26H2,1-8H3,(H4-2,29,30,31,32,37,38)/q+2/p+2. The predicted octanol–water partition coefficient (Wildman–Crippen LogP) is 1.75. The third kappa shape index (κ3) is 22.4. The Kier molecular flexibility index (Phi) is 17.1. The maximum Gasteiger partial charge on any atom is 0.312 e. The highest BCUT2D eigenvalue weighted by Crippen LogP contribution is 2.14. The van der Waals surface area contributed by atoms with Crippen molar-refractivity contribution in [1.29, 1.82) is 0 Å². The summed E-state index contributed by atoms with van der Waals surface area (Å²) in [6.45, 7) is 10.1. The van der Waals surface area contributed by atoms with Crippen LogP contribution in [0.2, 0.25) is 0 Å². The zero-order valence-electron chi connectivity index (χ0n) is 26.5. The van der Waals surface area contributed by atoms with E-state index in [1.165, 1.54) is 51.6 Å². The van der Waals surface area contributed by atoms with Crippen LogP contribution in [-0.2, 0) is 0 Å². The van der Waals surface area contributed by atoms with E-state index in [0.717, 1.165) is 70.0 Å². The van der Waals surface area contributed by atoms with Gasteiger partial charge in [-0.1, -0.05) is 0 Å². The third-order valence-corrected chi connectivity index (χ3v) is 7.57. The summed E-state index contributed by atoms with van der Waals surface area (Å²) >= 11 is 0. The lowest BCUT2D eigenvalue weighted by Crippen LogP contribution is -2.53. The zero-order chi connectivity index (χ0) is 29.3. The van der Waals surface area contributed by atoms with Crippen LogP contribution >= 0.6 is 0 Å². The largest absolute Gasteiger partial charge is 0.352 e. The van der Waals surface area contributed by atoms with Crippen LogP contribution in [0.15, 0.2) is 0 Å². The molecule has 0 saturated carbocycles. The fraction of sp³-hybridized carbons (Fsp3) is 0.929. The number of hydrogen-bond donors (Lipinski definition) is 4. The number of nitrogens with two attached hydrogens (primary N) is 2. The van der Waals surface area contributed by atoms with Crippen molar-refractivity contribution in [3.05, 3.63) is 0 Å². The minimum atomic E-state index is -0.446. The van der Waals surface area contributed by atoms with Crippen LogP contribution in [0, 0.1) is 0 Å². The van der Waals surface area contributed by atoms with Crippen LogP contribution in [0.5, 0.6) is 0 Å². The first-order valence-electron chi connectivity index (χ1n) is 14.8. The first kappa shape index (κ1) is 36.4. The number of carbonyl (C=O) groups excluding carboxylic acids is 2. The molecular weight excluding hydrogens is 480 g/mol. The van der Waals surface area contributed by atoms with Crippen LogP contribution in [0.25, 0.3) is 0 Å². The first-order valence-corrected chi connectivity index (χ1v) is 14.8. The summed E-state index contributed by atoms with van der Waals surface area (Å²) in [6, 6.07) is -0.892. The SMILES string of the molecule is C[N+](C)(C)CCCCC[N+](C)(CCCNC(N)=O)CCC[N+](C)(CCCCC[N+](C)(C)C)CCNC(N)=O. The molecule has 0 spiro atoms. The molecule has 0 saturated heterocycles. The number of likely N-dealkylation sites (N-methyl/N-ethyl adjacent to an activating group) is 1. The van der Waals surface area contributed by atoms with Crippen molar-refractivity contribution in [1.82, 2.24) is 10.6 Å². The Bertz CT molecular complexity index is 662. The van der Waals surface area contributed by atoms with Gasteiger partial charge in [0, 0.05) is 19.4 Å². The van der Waals surface area contributed by atoms with Gasteiger partial charge in [-0.2, -0.15) is 0 Å². The van der Waals surface area contributed by atoms with Gasteiger partial charge in [-0.25, -0.2) is 9.59 Å². The Labute approximate surface area is 235 Å². The Balaban J connectivity index is 4.97. The fourth-order valence-corrected chi connectivity index (χ4v) is 5.14. The number of quaternary nitrogens is 4. The number of primary amides is 2. The van der Waals surface area contributed by atoms with E-state index in [0.29, 0.717) is 13.1 Å². The van der Waals surface area contributed by atoms with Gasteiger partial charge in [0.05, 0.1) is 115 Å². The number of nitrogens with zero attached hydrogens (tertiary/aromatic N) is 4. The van der Waals surface area contributed by atoms with E-state index in [2.05, 4.69) is 67.0 Å². The molecule has 2 unspecified atom stereocenters. The maximum atomic E-state index is 11.3. The van der Waals surface area contributed by atoms with E-state index in [1.54, 1.807) is 0 Å². The molecule has 4 amide bonds. The molecule has 226 valence electrons. The van der Waals surface area contributed by atoms with Gasteiger partial charge >= 0.3 is 12.1 Å². The Hall–Kier alpha value is -1.62. The van der Waals surface area contributed by atoms with E-state index < -0.39 is 12.1 Å². The predicted molar refractivity (Wildman–Crippen MR) is 159 cm³/mol. The highest BCUT2D eigenvalue weighted by molar-refractivity contribution is 5.71. The van der Waals surface area contributed by atoms with Crippen molar-refractivity contribution in [3.8, 4) is 0 Å². The van der Waals surface area contributed by atoms with Gasteiger partial charge < -0.3 is 40.0 Å². The molecular formula is C28H66N8O2+4. The van der Waals surface area contributed by atoms with Gasteiger partial charge in [-0.15, -0.1) is 0 Å². The minimum absolute atomic E-state index is 0.446. The normalized spacial score (nSPS) is 15.5. The van der Waals surface area contributed by atoms with Gasteiger partial charge in [0.1, 0.15) is 0 Å². The molecule has 0 aromatic carbocycles. The minimum Gasteiger partial charge on any atom is -0.352 e. The second-order valence-corrected chi connectivity index (χ2v) is 14.0. The highest BCUT2D eigenvalue weighted by atomic mass is 16.2. The summed E-state index contributed by atoms with van der Waals surface area (Å²) in [5.41, 5.74) is 10.6. The summed E-state index contributed by atoms with van der Waals surface area (Å²) in [5, 5.41) is 5.54. The van der Waals surface area contributed by atoms with Gasteiger partial charge in [-0.05, 0) is 38.5 Å². The van der Waals surface area contributed by atoms with Crippen molar-refractivity contribution in [2.45, 2.75) is 51.4 Å². The first-order chi connectivity index (χ1) is 17.5. The molecule has 0 rings (SSSR count). The van der Waals surface area contributed by atoms with Crippen LogP contribution in [0.4, 0.5) is 9.59 Å². The highest BCUT2D eigenvalue weighted by Gasteiger charge is 2.26. The lowest BCUT2D eigenvalue weighted by Gasteiger charge is -2.38. The second-order valence-electron chi connectivity index (χ2n) is 14.0. The molecule has 10 nitrogen and oxygen atoms in total. The van der Waals surface area contributed by atoms with E-state index in [-0.39, 0.29) is 0 Å². The monoisotopic (exact) mass is 547 g/mol. The molecule has 10 heteroatoms. The number of urea groups is 2. The molecule has 0 aromatic heterocycles. The number of unbranched alkanes of at least 4 members (excludes halogenated alkanes) is 4. The molecule has 2 atom stereocenters. The van der Waals surface area contributed by atoms with Gasteiger partial charge in [0.25, 0.3) is 0 Å². The molecule has 0 heterocycles. The molecule has 0 radical (unpaired) electrons. The summed E-state index contributed by atoms with van der Waals surface area (Å²) in [6.07, 6.45) is 9.46. The molecule has 0 aliphatic heterocycles. The topological polar surface area (TPSA) is 110 Å². The van der Waals surface area contributed by atoms with Crippen molar-refractivity contribution >= 4 is 12.1 Å². The van der Waals surface area contributed by atoms with Crippen molar-refractivity contribution < 1.29 is 27.5 Å². The molecule has 0 aliphatic carbocycles. The van der Waals surface area contributed by atoms with Gasteiger partial charge in [-0.3, -0.25) is 0 Å². The quantitative estimate of drug-likeness (QED) is 0.116. The number of amides is 4. The van der Waals surface area contributed by atoms with Gasteiger partial charge in [0.2, 0.25) is 0 Å². The van der Waals surface area contributed by atoms with Crippen LogP contribution in [-0.4, -0.2) is 152 Å². The van der Waals surface area contributed by atoms with E-state index in [4.69, 9.17) is 11.5 Å². The molecule has 6 N–H and O–H groups in total. The average Bonchev–Trinajstić information content (AvgIpc) is 2.74. The van der Waals surface area contributed by atoms with Gasteiger partial charge in [0.15, 0.2) is 0 Å². The van der Waals surface area contributed by atoms with E-state index >= 15 is 0 Å². The third-order valence-electron chi connectivity index (χ3n) is 7.57. The second kappa shape index (κ2) is 17.9. The summed E-state index contributed by atoms with van der Waals surface area (Å²) < 4.78 is 4.00. The molecule has 0 aliphatic rings. The van der Waals surface area contributed by atoms with Crippen LogP contribution < -0.4 is 22.1 Å². The van der Waals surface area contributed by atoms with Crippen LogP contribution in [0.3, 0.4) is 0 Å².